The Balaban J connectivity index is 2.34. The zero-order valence-corrected chi connectivity index (χ0v) is 14.3. The highest BCUT2D eigenvalue weighted by atomic mass is 15.2. The molecule has 0 aliphatic heterocycles. The average Bonchev–Trinajstić information content (AvgIpc) is 2.38. The first-order chi connectivity index (χ1) is 9.82. The van der Waals surface area contributed by atoms with Gasteiger partial charge in [0.05, 0.1) is 0 Å². The van der Waals surface area contributed by atoms with Gasteiger partial charge in [-0.3, -0.25) is 11.3 Å². The summed E-state index contributed by atoms with van der Waals surface area (Å²) in [5.41, 5.74) is 6.10. The molecule has 2 nitrogen and oxygen atoms in total. The summed E-state index contributed by atoms with van der Waals surface area (Å²) in [7, 11) is 0. The smallest absolute Gasteiger partial charge is 0.0491 e. The van der Waals surface area contributed by atoms with E-state index in [1.54, 1.807) is 0 Å². The van der Waals surface area contributed by atoms with E-state index in [4.69, 9.17) is 5.84 Å². The molecule has 1 aromatic rings. The minimum atomic E-state index is 0.150. The Bertz CT molecular complexity index is 451. The SMILES string of the molecule is CC1CC(C)CC(C(NN)c2ccccc2C(C)(C)C)C1. The lowest BCUT2D eigenvalue weighted by molar-refractivity contribution is 0.176. The van der Waals surface area contributed by atoms with Gasteiger partial charge in [-0.15, -0.1) is 0 Å². The monoisotopic (exact) mass is 288 g/mol. The first-order valence-corrected chi connectivity index (χ1v) is 8.38. The van der Waals surface area contributed by atoms with Crippen molar-refractivity contribution in [3.05, 3.63) is 35.4 Å². The zero-order chi connectivity index (χ0) is 15.6. The van der Waals surface area contributed by atoms with E-state index in [1.165, 1.54) is 30.4 Å². The maximum absolute atomic E-state index is 5.99. The van der Waals surface area contributed by atoms with Gasteiger partial charge in [0.2, 0.25) is 0 Å². The first-order valence-electron chi connectivity index (χ1n) is 8.38. The highest BCUT2D eigenvalue weighted by molar-refractivity contribution is 5.35. The predicted octanol–water partition coefficient (Wildman–Crippen LogP) is 4.56. The van der Waals surface area contributed by atoms with Crippen LogP contribution in [0.2, 0.25) is 0 Å². The standard InChI is InChI=1S/C19H32N2/c1-13-10-14(2)12-15(11-13)18(21-20)16-8-6-7-9-17(16)19(3,4)5/h6-9,13-15,18,21H,10-12,20H2,1-5H3. The second-order valence-electron chi connectivity index (χ2n) is 8.16. The van der Waals surface area contributed by atoms with Crippen LogP contribution in [0.4, 0.5) is 0 Å². The van der Waals surface area contributed by atoms with Crippen LogP contribution < -0.4 is 11.3 Å². The van der Waals surface area contributed by atoms with Crippen molar-refractivity contribution >= 4 is 0 Å². The second kappa shape index (κ2) is 6.50. The lowest BCUT2D eigenvalue weighted by Gasteiger charge is -2.38. The van der Waals surface area contributed by atoms with Crippen molar-refractivity contribution < 1.29 is 0 Å². The number of nitrogens with one attached hydrogen (secondary N) is 1. The van der Waals surface area contributed by atoms with Gasteiger partial charge in [0.25, 0.3) is 0 Å². The van der Waals surface area contributed by atoms with Crippen LogP contribution in [0.15, 0.2) is 24.3 Å². The molecule has 0 bridgehead atoms. The third kappa shape index (κ3) is 3.87. The Morgan fingerprint density at radius 2 is 1.62 bits per heavy atom. The molecule has 0 heterocycles. The Morgan fingerprint density at radius 1 is 1.05 bits per heavy atom. The number of nitrogens with two attached hydrogens (primary N) is 1. The summed E-state index contributed by atoms with van der Waals surface area (Å²) in [6.45, 7) is 11.6. The molecule has 21 heavy (non-hydrogen) atoms. The second-order valence-corrected chi connectivity index (χ2v) is 8.16. The van der Waals surface area contributed by atoms with Gasteiger partial charge in [0.15, 0.2) is 0 Å². The van der Waals surface area contributed by atoms with Crippen molar-refractivity contribution in [3.63, 3.8) is 0 Å². The summed E-state index contributed by atoms with van der Waals surface area (Å²) in [5.74, 6) is 8.23. The van der Waals surface area contributed by atoms with Crippen LogP contribution in [0, 0.1) is 17.8 Å². The number of rotatable bonds is 3. The van der Waals surface area contributed by atoms with Crippen LogP contribution in [0.1, 0.15) is 71.0 Å². The quantitative estimate of drug-likeness (QED) is 0.632. The topological polar surface area (TPSA) is 38.0 Å². The molecule has 0 aromatic heterocycles. The summed E-state index contributed by atoms with van der Waals surface area (Å²) >= 11 is 0. The highest BCUT2D eigenvalue weighted by Crippen LogP contribution is 2.41. The summed E-state index contributed by atoms with van der Waals surface area (Å²) < 4.78 is 0. The van der Waals surface area contributed by atoms with Gasteiger partial charge >= 0.3 is 0 Å². The highest BCUT2D eigenvalue weighted by Gasteiger charge is 2.32. The summed E-state index contributed by atoms with van der Waals surface area (Å²) in [4.78, 5) is 0. The Morgan fingerprint density at radius 3 is 2.14 bits per heavy atom. The fourth-order valence-electron chi connectivity index (χ4n) is 4.21. The molecule has 2 rings (SSSR count). The van der Waals surface area contributed by atoms with E-state index in [9.17, 15) is 0 Å². The summed E-state index contributed by atoms with van der Waals surface area (Å²) in [5, 5.41) is 0. The molecule has 3 unspecified atom stereocenters. The molecule has 118 valence electrons. The van der Waals surface area contributed by atoms with E-state index in [0.29, 0.717) is 5.92 Å². The number of hydrazine groups is 1. The van der Waals surface area contributed by atoms with Gasteiger partial charge in [-0.05, 0) is 53.6 Å². The minimum Gasteiger partial charge on any atom is -0.271 e. The van der Waals surface area contributed by atoms with Crippen molar-refractivity contribution in [1.82, 2.24) is 5.43 Å². The Kier molecular flexibility index (Phi) is 5.11. The van der Waals surface area contributed by atoms with Crippen molar-refractivity contribution in [3.8, 4) is 0 Å². The first kappa shape index (κ1) is 16.5. The molecule has 2 heteroatoms. The van der Waals surface area contributed by atoms with Crippen LogP contribution in [0.3, 0.4) is 0 Å². The molecule has 0 amide bonds. The minimum absolute atomic E-state index is 0.150. The van der Waals surface area contributed by atoms with E-state index in [1.807, 2.05) is 0 Å². The molecular weight excluding hydrogens is 256 g/mol. The van der Waals surface area contributed by atoms with Crippen LogP contribution in [-0.4, -0.2) is 0 Å². The predicted molar refractivity (Wildman–Crippen MR) is 90.9 cm³/mol. The maximum atomic E-state index is 5.99. The van der Waals surface area contributed by atoms with Gasteiger partial charge in [-0.25, -0.2) is 0 Å². The van der Waals surface area contributed by atoms with E-state index in [0.717, 1.165) is 11.8 Å². The number of hydrogen-bond acceptors (Lipinski definition) is 2. The molecule has 0 spiro atoms. The van der Waals surface area contributed by atoms with Crippen LogP contribution in [0.25, 0.3) is 0 Å². The van der Waals surface area contributed by atoms with Crippen molar-refractivity contribution in [2.75, 3.05) is 0 Å². The van der Waals surface area contributed by atoms with Gasteiger partial charge in [0.1, 0.15) is 0 Å². The summed E-state index contributed by atoms with van der Waals surface area (Å²) in [6, 6.07) is 9.07. The van der Waals surface area contributed by atoms with Crippen molar-refractivity contribution in [2.45, 2.75) is 65.3 Å². The Labute approximate surface area is 130 Å². The molecular formula is C19H32N2. The fourth-order valence-corrected chi connectivity index (χ4v) is 4.21. The fraction of sp³-hybridized carbons (Fsp3) is 0.684. The van der Waals surface area contributed by atoms with E-state index in [-0.39, 0.29) is 11.5 Å². The normalized spacial score (nSPS) is 28.4. The molecule has 3 atom stereocenters. The number of hydrogen-bond donors (Lipinski definition) is 2. The molecule has 1 aliphatic carbocycles. The van der Waals surface area contributed by atoms with Crippen LogP contribution in [-0.2, 0) is 5.41 Å². The Hall–Kier alpha value is -0.860. The lowest BCUT2D eigenvalue weighted by Crippen LogP contribution is -2.38. The van der Waals surface area contributed by atoms with Crippen molar-refractivity contribution in [1.29, 1.82) is 0 Å². The van der Waals surface area contributed by atoms with Crippen LogP contribution in [0.5, 0.6) is 0 Å². The molecule has 1 aliphatic rings. The largest absolute Gasteiger partial charge is 0.271 e. The van der Waals surface area contributed by atoms with Gasteiger partial charge in [-0.2, -0.15) is 0 Å². The molecule has 0 saturated heterocycles. The molecule has 3 N–H and O–H groups in total. The van der Waals surface area contributed by atoms with Gasteiger partial charge in [-0.1, -0.05) is 58.9 Å². The summed E-state index contributed by atoms with van der Waals surface area (Å²) in [6.07, 6.45) is 3.91. The van der Waals surface area contributed by atoms with Gasteiger partial charge in [0, 0.05) is 6.04 Å². The molecule has 0 radical (unpaired) electrons. The maximum Gasteiger partial charge on any atom is 0.0491 e. The lowest BCUT2D eigenvalue weighted by atomic mass is 9.70. The number of benzene rings is 1. The van der Waals surface area contributed by atoms with E-state index in [2.05, 4.69) is 64.3 Å². The van der Waals surface area contributed by atoms with E-state index >= 15 is 0 Å². The average molecular weight is 288 g/mol. The molecule has 1 saturated carbocycles. The van der Waals surface area contributed by atoms with Crippen molar-refractivity contribution in [2.24, 2.45) is 23.6 Å². The third-order valence-electron chi connectivity index (χ3n) is 4.97. The van der Waals surface area contributed by atoms with Gasteiger partial charge < -0.3 is 0 Å². The van der Waals surface area contributed by atoms with E-state index < -0.39 is 0 Å². The van der Waals surface area contributed by atoms with Crippen LogP contribution >= 0.6 is 0 Å². The molecule has 1 fully saturated rings. The molecule has 1 aromatic carbocycles. The third-order valence-corrected chi connectivity index (χ3v) is 4.97. The zero-order valence-electron chi connectivity index (χ0n) is 14.3.